The standard InChI is InChI=1S/C14H21FNO3P/c1-4-20(18,5-2)16-13(14(17)19-3)10-11-8-6-7-9-12(11)15/h6-9,13H,4-5,10H2,1-3H3,(H,16,18). The van der Waals surface area contributed by atoms with Gasteiger partial charge in [-0.1, -0.05) is 32.0 Å². The van der Waals surface area contributed by atoms with Crippen molar-refractivity contribution in [3.05, 3.63) is 35.6 Å². The van der Waals surface area contributed by atoms with E-state index < -0.39 is 19.3 Å². The monoisotopic (exact) mass is 301 g/mol. The Morgan fingerprint density at radius 1 is 1.35 bits per heavy atom. The number of esters is 1. The number of halogens is 1. The lowest BCUT2D eigenvalue weighted by Gasteiger charge is -2.23. The van der Waals surface area contributed by atoms with Crippen molar-refractivity contribution in [2.75, 3.05) is 19.4 Å². The molecule has 0 aliphatic carbocycles. The molecule has 0 saturated heterocycles. The molecule has 1 N–H and O–H groups in total. The van der Waals surface area contributed by atoms with E-state index in [1.54, 1.807) is 32.0 Å². The summed E-state index contributed by atoms with van der Waals surface area (Å²) < 4.78 is 30.8. The van der Waals surface area contributed by atoms with Crippen LogP contribution in [0.25, 0.3) is 0 Å². The van der Waals surface area contributed by atoms with Crippen molar-refractivity contribution in [2.24, 2.45) is 0 Å². The van der Waals surface area contributed by atoms with E-state index in [2.05, 4.69) is 5.09 Å². The Morgan fingerprint density at radius 3 is 2.45 bits per heavy atom. The fourth-order valence-electron chi connectivity index (χ4n) is 1.90. The summed E-state index contributed by atoms with van der Waals surface area (Å²) in [5.41, 5.74) is 0.397. The van der Waals surface area contributed by atoms with E-state index in [0.29, 0.717) is 17.9 Å². The molecular formula is C14H21FNO3P. The zero-order chi connectivity index (χ0) is 15.2. The molecule has 112 valence electrons. The minimum Gasteiger partial charge on any atom is -0.468 e. The number of methoxy groups -OCH3 is 1. The Hall–Kier alpha value is -1.19. The summed E-state index contributed by atoms with van der Waals surface area (Å²) >= 11 is 0. The molecule has 0 fully saturated rings. The highest BCUT2D eigenvalue weighted by atomic mass is 31.2. The lowest BCUT2D eigenvalue weighted by molar-refractivity contribution is -0.142. The first-order valence-electron chi connectivity index (χ1n) is 6.62. The number of carbonyl (C=O) groups is 1. The van der Waals surface area contributed by atoms with Crippen molar-refractivity contribution < 1.29 is 18.5 Å². The second-order valence-corrected chi connectivity index (χ2v) is 7.82. The number of hydrogen-bond donors (Lipinski definition) is 1. The molecule has 1 aromatic rings. The van der Waals surface area contributed by atoms with Gasteiger partial charge < -0.3 is 9.30 Å². The quantitative estimate of drug-likeness (QED) is 0.621. The highest BCUT2D eigenvalue weighted by Gasteiger charge is 2.28. The maximum absolute atomic E-state index is 13.7. The zero-order valence-corrected chi connectivity index (χ0v) is 13.0. The third-order valence-corrected chi connectivity index (χ3v) is 6.11. The number of nitrogens with one attached hydrogen (secondary N) is 1. The normalized spacial score (nSPS) is 13.0. The van der Waals surface area contributed by atoms with Gasteiger partial charge in [-0.25, -0.2) is 4.39 Å². The first-order chi connectivity index (χ1) is 9.45. The second-order valence-electron chi connectivity index (χ2n) is 4.52. The summed E-state index contributed by atoms with van der Waals surface area (Å²) in [7, 11) is -1.36. The van der Waals surface area contributed by atoms with Crippen molar-refractivity contribution in [3.63, 3.8) is 0 Å². The van der Waals surface area contributed by atoms with Gasteiger partial charge in [0, 0.05) is 18.7 Å². The van der Waals surface area contributed by atoms with E-state index >= 15 is 0 Å². The summed E-state index contributed by atoms with van der Waals surface area (Å²) in [5.74, 6) is -0.915. The predicted molar refractivity (Wildman–Crippen MR) is 77.7 cm³/mol. The second kappa shape index (κ2) is 7.55. The van der Waals surface area contributed by atoms with Gasteiger partial charge in [0.15, 0.2) is 0 Å². The van der Waals surface area contributed by atoms with E-state index in [1.165, 1.54) is 13.2 Å². The Balaban J connectivity index is 2.94. The summed E-state index contributed by atoms with van der Waals surface area (Å²) in [6.07, 6.45) is 0.992. The lowest BCUT2D eigenvalue weighted by atomic mass is 10.1. The fourth-order valence-corrected chi connectivity index (χ4v) is 3.48. The van der Waals surface area contributed by atoms with Crippen LogP contribution in [0.5, 0.6) is 0 Å². The molecule has 20 heavy (non-hydrogen) atoms. The predicted octanol–water partition coefficient (Wildman–Crippen LogP) is 2.82. The third-order valence-electron chi connectivity index (χ3n) is 3.28. The van der Waals surface area contributed by atoms with Crippen LogP contribution in [0.2, 0.25) is 0 Å². The molecule has 0 heterocycles. The lowest BCUT2D eigenvalue weighted by Crippen LogP contribution is -2.38. The van der Waals surface area contributed by atoms with Gasteiger partial charge in [0.25, 0.3) is 0 Å². The number of hydrogen-bond acceptors (Lipinski definition) is 3. The summed E-state index contributed by atoms with van der Waals surface area (Å²) in [6.45, 7) is 3.60. The maximum Gasteiger partial charge on any atom is 0.323 e. The molecule has 0 radical (unpaired) electrons. The first kappa shape index (κ1) is 16.9. The molecule has 1 atom stereocenters. The summed E-state index contributed by atoms with van der Waals surface area (Å²) in [6, 6.07) is 5.43. The van der Waals surface area contributed by atoms with E-state index in [0.717, 1.165) is 0 Å². The Morgan fingerprint density at radius 2 is 1.95 bits per heavy atom. The van der Waals surface area contributed by atoms with Crippen LogP contribution >= 0.6 is 7.29 Å². The Bertz CT molecular complexity index is 499. The summed E-state index contributed by atoms with van der Waals surface area (Å²) in [5, 5.41) is 2.87. The van der Waals surface area contributed by atoms with E-state index in [9.17, 15) is 13.8 Å². The highest BCUT2D eigenvalue weighted by molar-refractivity contribution is 7.61. The molecule has 0 bridgehead atoms. The van der Waals surface area contributed by atoms with Gasteiger partial charge in [0.2, 0.25) is 0 Å². The van der Waals surface area contributed by atoms with Gasteiger partial charge in [-0.15, -0.1) is 0 Å². The minimum atomic E-state index is -2.63. The Kier molecular flexibility index (Phi) is 6.37. The molecule has 0 amide bonds. The molecule has 1 aromatic carbocycles. The van der Waals surface area contributed by atoms with Crippen LogP contribution in [0.4, 0.5) is 4.39 Å². The minimum absolute atomic E-state index is 0.114. The smallest absolute Gasteiger partial charge is 0.323 e. The third kappa shape index (κ3) is 4.43. The van der Waals surface area contributed by atoms with Crippen LogP contribution in [-0.4, -0.2) is 31.4 Å². The van der Waals surface area contributed by atoms with Crippen molar-refractivity contribution in [3.8, 4) is 0 Å². The molecule has 0 aliphatic heterocycles. The first-order valence-corrected chi connectivity index (χ1v) is 8.70. The van der Waals surface area contributed by atoms with Crippen molar-refractivity contribution in [1.29, 1.82) is 0 Å². The van der Waals surface area contributed by atoms with Gasteiger partial charge in [-0.05, 0) is 11.6 Å². The van der Waals surface area contributed by atoms with Crippen molar-refractivity contribution in [1.82, 2.24) is 5.09 Å². The number of carbonyl (C=O) groups excluding carboxylic acids is 1. The van der Waals surface area contributed by atoms with E-state index in [1.807, 2.05) is 0 Å². The maximum atomic E-state index is 13.7. The topological polar surface area (TPSA) is 55.4 Å². The molecule has 0 aromatic heterocycles. The Labute approximate surface area is 119 Å². The van der Waals surface area contributed by atoms with Crippen LogP contribution < -0.4 is 5.09 Å². The molecule has 1 unspecified atom stereocenters. The van der Waals surface area contributed by atoms with Crippen LogP contribution in [0, 0.1) is 5.82 Å². The molecule has 4 nitrogen and oxygen atoms in total. The average molecular weight is 301 g/mol. The van der Waals surface area contributed by atoms with Gasteiger partial charge in [-0.3, -0.25) is 9.88 Å². The molecule has 0 aliphatic rings. The zero-order valence-electron chi connectivity index (χ0n) is 12.1. The molecule has 6 heteroatoms. The van der Waals surface area contributed by atoms with Gasteiger partial charge in [-0.2, -0.15) is 0 Å². The fraction of sp³-hybridized carbons (Fsp3) is 0.500. The van der Waals surface area contributed by atoms with Crippen LogP contribution in [0.15, 0.2) is 24.3 Å². The van der Waals surface area contributed by atoms with Crippen molar-refractivity contribution in [2.45, 2.75) is 26.3 Å². The van der Waals surface area contributed by atoms with Crippen molar-refractivity contribution >= 4 is 13.3 Å². The molecule has 0 spiro atoms. The summed E-state index contributed by atoms with van der Waals surface area (Å²) in [4.78, 5) is 11.8. The molecule has 1 rings (SSSR count). The SMILES string of the molecule is CCP(=O)(CC)NC(Cc1ccccc1F)C(=O)OC. The largest absolute Gasteiger partial charge is 0.468 e. The number of rotatable bonds is 7. The van der Waals surface area contributed by atoms with Crippen LogP contribution in [0.3, 0.4) is 0 Å². The average Bonchev–Trinajstić information content (AvgIpc) is 2.47. The van der Waals surface area contributed by atoms with Gasteiger partial charge >= 0.3 is 5.97 Å². The van der Waals surface area contributed by atoms with Gasteiger partial charge in [0.1, 0.15) is 19.2 Å². The number of ether oxygens (including phenoxy) is 1. The van der Waals surface area contributed by atoms with E-state index in [4.69, 9.17) is 4.74 Å². The van der Waals surface area contributed by atoms with Gasteiger partial charge in [0.05, 0.1) is 7.11 Å². The van der Waals surface area contributed by atoms with Crippen LogP contribution in [0.1, 0.15) is 19.4 Å². The molecular weight excluding hydrogens is 280 g/mol. The van der Waals surface area contributed by atoms with Crippen LogP contribution in [-0.2, 0) is 20.5 Å². The number of benzene rings is 1. The molecule has 0 saturated carbocycles. The highest BCUT2D eigenvalue weighted by Crippen LogP contribution is 2.40. The van der Waals surface area contributed by atoms with E-state index in [-0.39, 0.29) is 12.2 Å².